The molecule has 1 aliphatic rings. The van der Waals surface area contributed by atoms with Crippen molar-refractivity contribution in [3.63, 3.8) is 0 Å². The van der Waals surface area contributed by atoms with Crippen LogP contribution in [0.15, 0.2) is 53.5 Å². The first-order valence-corrected chi connectivity index (χ1v) is 10.4. The number of carbonyl (C=O) groups is 1. The third-order valence-corrected chi connectivity index (χ3v) is 5.23. The van der Waals surface area contributed by atoms with Gasteiger partial charge >= 0.3 is 0 Å². The molecule has 32 heavy (non-hydrogen) atoms. The zero-order valence-electron chi connectivity index (χ0n) is 18.8. The minimum absolute atomic E-state index is 0. The van der Waals surface area contributed by atoms with Crippen LogP contribution in [-0.4, -0.2) is 65.4 Å². The normalized spacial score (nSPS) is 15.5. The summed E-state index contributed by atoms with van der Waals surface area (Å²) in [4.78, 5) is 18.8. The number of hydrogen-bond donors (Lipinski definition) is 3. The van der Waals surface area contributed by atoms with Crippen LogP contribution in [0.2, 0.25) is 0 Å². The lowest BCUT2D eigenvalue weighted by molar-refractivity contribution is 0.0954. The van der Waals surface area contributed by atoms with Crippen LogP contribution in [0.3, 0.4) is 0 Å². The lowest BCUT2D eigenvalue weighted by Gasteiger charge is -2.22. The second-order valence-corrected chi connectivity index (χ2v) is 7.23. The Bertz CT molecular complexity index is 891. The smallest absolute Gasteiger partial charge is 0.251 e. The molecule has 2 aromatic carbocycles. The fraction of sp³-hybridized carbons (Fsp3) is 0.391. The summed E-state index contributed by atoms with van der Waals surface area (Å²) < 4.78 is 10.6. The Hall–Kier alpha value is -2.69. The minimum atomic E-state index is -0.115. The Morgan fingerprint density at radius 3 is 2.47 bits per heavy atom. The molecular weight excluding hydrogens is 521 g/mol. The fourth-order valence-electron chi connectivity index (χ4n) is 3.58. The van der Waals surface area contributed by atoms with Crippen LogP contribution in [0.4, 0.5) is 5.69 Å². The molecule has 8 nitrogen and oxygen atoms in total. The van der Waals surface area contributed by atoms with Crippen molar-refractivity contribution in [1.29, 1.82) is 0 Å². The Kier molecular flexibility index (Phi) is 10.4. The van der Waals surface area contributed by atoms with E-state index in [4.69, 9.17) is 9.47 Å². The average Bonchev–Trinajstić information content (AvgIpc) is 3.29. The maximum absolute atomic E-state index is 12.2. The van der Waals surface area contributed by atoms with E-state index in [9.17, 15) is 4.79 Å². The van der Waals surface area contributed by atoms with Gasteiger partial charge in [-0.05, 0) is 42.8 Å². The van der Waals surface area contributed by atoms with E-state index in [2.05, 4.69) is 31.9 Å². The van der Waals surface area contributed by atoms with Gasteiger partial charge in [-0.3, -0.25) is 9.79 Å². The molecule has 2 aromatic rings. The van der Waals surface area contributed by atoms with E-state index in [1.807, 2.05) is 18.2 Å². The van der Waals surface area contributed by atoms with E-state index in [0.29, 0.717) is 18.7 Å². The molecule has 0 aromatic heterocycles. The van der Waals surface area contributed by atoms with Crippen LogP contribution >= 0.6 is 24.0 Å². The second kappa shape index (κ2) is 13.0. The number of nitrogens with one attached hydrogen (secondary N) is 3. The number of ether oxygens (including phenoxy) is 2. The van der Waals surface area contributed by atoms with Gasteiger partial charge in [0.1, 0.15) is 11.5 Å². The predicted octanol–water partition coefficient (Wildman–Crippen LogP) is 2.50. The van der Waals surface area contributed by atoms with Gasteiger partial charge in [0.2, 0.25) is 0 Å². The maximum Gasteiger partial charge on any atom is 0.251 e. The molecule has 1 atom stereocenters. The Morgan fingerprint density at radius 2 is 1.78 bits per heavy atom. The number of para-hydroxylation sites is 2. The fourth-order valence-corrected chi connectivity index (χ4v) is 3.58. The summed E-state index contributed by atoms with van der Waals surface area (Å²) in [6.45, 7) is 2.89. The van der Waals surface area contributed by atoms with Crippen LogP contribution in [0.5, 0.6) is 11.5 Å². The Balaban J connectivity index is 0.00000363. The molecule has 174 valence electrons. The molecule has 1 amide bonds. The van der Waals surface area contributed by atoms with Crippen LogP contribution in [0.25, 0.3) is 0 Å². The molecule has 1 aliphatic heterocycles. The lowest BCUT2D eigenvalue weighted by Crippen LogP contribution is -2.46. The topological polar surface area (TPSA) is 87.2 Å². The van der Waals surface area contributed by atoms with Crippen LogP contribution in [0.1, 0.15) is 16.8 Å². The zero-order chi connectivity index (χ0) is 22.1. The number of anilines is 1. The summed E-state index contributed by atoms with van der Waals surface area (Å²) >= 11 is 0. The summed E-state index contributed by atoms with van der Waals surface area (Å²) in [6, 6.07) is 15.4. The molecule has 3 rings (SSSR count). The van der Waals surface area contributed by atoms with Crippen LogP contribution < -0.4 is 30.3 Å². The molecule has 9 heteroatoms. The molecule has 1 unspecified atom stereocenters. The molecule has 1 saturated heterocycles. The number of aliphatic imine (C=N–C) groups is 1. The number of halogens is 1. The van der Waals surface area contributed by atoms with Crippen molar-refractivity contribution in [2.75, 3.05) is 52.3 Å². The third kappa shape index (κ3) is 6.91. The van der Waals surface area contributed by atoms with Gasteiger partial charge in [0.05, 0.1) is 19.9 Å². The first-order chi connectivity index (χ1) is 15.1. The van der Waals surface area contributed by atoms with E-state index in [1.54, 1.807) is 45.5 Å². The number of hydrogen-bond acceptors (Lipinski definition) is 5. The number of guanidine groups is 1. The Labute approximate surface area is 206 Å². The summed E-state index contributed by atoms with van der Waals surface area (Å²) in [5.41, 5.74) is 1.71. The molecule has 3 N–H and O–H groups in total. The van der Waals surface area contributed by atoms with Gasteiger partial charge in [0, 0.05) is 44.8 Å². The largest absolute Gasteiger partial charge is 0.497 e. The molecule has 0 saturated carbocycles. The first-order valence-electron chi connectivity index (χ1n) is 10.4. The SMILES string of the molecule is CN=C(NCCNC(=O)c1ccc(OC)cc1)NC1CCN(c2ccccc2OC)C1.I. The Morgan fingerprint density at radius 1 is 1.06 bits per heavy atom. The number of benzene rings is 2. The highest BCUT2D eigenvalue weighted by molar-refractivity contribution is 14.0. The van der Waals surface area contributed by atoms with E-state index >= 15 is 0 Å². The minimum Gasteiger partial charge on any atom is -0.497 e. The first kappa shape index (κ1) is 25.6. The summed E-state index contributed by atoms with van der Waals surface area (Å²) in [7, 11) is 5.05. The summed E-state index contributed by atoms with van der Waals surface area (Å²) in [5, 5.41) is 9.63. The van der Waals surface area contributed by atoms with Gasteiger partial charge in [0.15, 0.2) is 5.96 Å². The van der Waals surface area contributed by atoms with Gasteiger partial charge in [-0.15, -0.1) is 24.0 Å². The molecular formula is C23H32IN5O3. The highest BCUT2D eigenvalue weighted by Gasteiger charge is 2.25. The van der Waals surface area contributed by atoms with Crippen molar-refractivity contribution in [1.82, 2.24) is 16.0 Å². The monoisotopic (exact) mass is 553 g/mol. The van der Waals surface area contributed by atoms with Gasteiger partial charge in [-0.2, -0.15) is 0 Å². The van der Waals surface area contributed by atoms with Gasteiger partial charge in [-0.25, -0.2) is 0 Å². The van der Waals surface area contributed by atoms with Crippen LogP contribution in [-0.2, 0) is 0 Å². The number of methoxy groups -OCH3 is 2. The highest BCUT2D eigenvalue weighted by atomic mass is 127. The average molecular weight is 553 g/mol. The number of nitrogens with zero attached hydrogens (tertiary/aromatic N) is 2. The van der Waals surface area contributed by atoms with Gasteiger partial charge in [0.25, 0.3) is 5.91 Å². The number of rotatable bonds is 8. The van der Waals surface area contributed by atoms with Crippen molar-refractivity contribution < 1.29 is 14.3 Å². The van der Waals surface area contributed by atoms with E-state index < -0.39 is 0 Å². The molecule has 0 aliphatic carbocycles. The number of amides is 1. The maximum atomic E-state index is 12.2. The summed E-state index contributed by atoms with van der Waals surface area (Å²) in [5.74, 6) is 2.23. The third-order valence-electron chi connectivity index (χ3n) is 5.23. The molecule has 1 fully saturated rings. The standard InChI is InChI=1S/C23H31N5O3.HI/c1-24-23(26-14-13-25-22(29)17-8-10-19(30-2)11-9-17)27-18-12-15-28(16-18)20-6-4-5-7-21(20)31-3;/h4-11,18H,12-16H2,1-3H3,(H,25,29)(H2,24,26,27);1H. The van der Waals surface area contributed by atoms with Crippen molar-refractivity contribution >= 4 is 41.5 Å². The zero-order valence-corrected chi connectivity index (χ0v) is 21.1. The molecule has 0 spiro atoms. The van der Waals surface area contributed by atoms with Crippen LogP contribution in [0, 0.1) is 0 Å². The van der Waals surface area contributed by atoms with Crippen molar-refractivity contribution in [2.45, 2.75) is 12.5 Å². The molecule has 0 bridgehead atoms. The van der Waals surface area contributed by atoms with Gasteiger partial charge in [-0.1, -0.05) is 12.1 Å². The van der Waals surface area contributed by atoms with E-state index in [-0.39, 0.29) is 35.9 Å². The van der Waals surface area contributed by atoms with Gasteiger partial charge < -0.3 is 30.3 Å². The second-order valence-electron chi connectivity index (χ2n) is 7.23. The quantitative estimate of drug-likeness (QED) is 0.202. The molecule has 0 radical (unpaired) electrons. The lowest BCUT2D eigenvalue weighted by atomic mass is 10.2. The van der Waals surface area contributed by atoms with Crippen molar-refractivity contribution in [3.8, 4) is 11.5 Å². The van der Waals surface area contributed by atoms with E-state index in [0.717, 1.165) is 42.7 Å². The van der Waals surface area contributed by atoms with Crippen molar-refractivity contribution in [3.05, 3.63) is 54.1 Å². The highest BCUT2D eigenvalue weighted by Crippen LogP contribution is 2.30. The predicted molar refractivity (Wildman–Crippen MR) is 139 cm³/mol. The number of carbonyl (C=O) groups excluding carboxylic acids is 1. The summed E-state index contributed by atoms with van der Waals surface area (Å²) in [6.07, 6.45) is 1.01. The molecule has 1 heterocycles. The van der Waals surface area contributed by atoms with Crippen molar-refractivity contribution in [2.24, 2.45) is 4.99 Å². The van der Waals surface area contributed by atoms with E-state index in [1.165, 1.54) is 0 Å².